The van der Waals surface area contributed by atoms with Crippen LogP contribution in [-0.4, -0.2) is 30.5 Å². The van der Waals surface area contributed by atoms with Crippen LogP contribution in [0.5, 0.6) is 5.75 Å². The molecule has 0 aliphatic carbocycles. The zero-order chi connectivity index (χ0) is 14.5. The van der Waals surface area contributed by atoms with Crippen molar-refractivity contribution in [2.45, 2.75) is 32.7 Å². The van der Waals surface area contributed by atoms with Crippen LogP contribution in [0.3, 0.4) is 0 Å². The van der Waals surface area contributed by atoms with Crippen molar-refractivity contribution in [3.8, 4) is 5.75 Å². The lowest BCUT2D eigenvalue weighted by Gasteiger charge is -2.08. The Labute approximate surface area is 119 Å². The van der Waals surface area contributed by atoms with E-state index in [9.17, 15) is 4.79 Å². The van der Waals surface area contributed by atoms with Gasteiger partial charge in [0, 0.05) is 22.7 Å². The van der Waals surface area contributed by atoms with Gasteiger partial charge < -0.3 is 15.0 Å². The molecule has 0 radical (unpaired) electrons. The van der Waals surface area contributed by atoms with Gasteiger partial charge in [0.15, 0.2) is 5.78 Å². The zero-order valence-corrected chi connectivity index (χ0v) is 12.3. The molecule has 2 N–H and O–H groups in total. The first kappa shape index (κ1) is 14.6. The van der Waals surface area contributed by atoms with E-state index in [2.05, 4.69) is 10.3 Å². The molecule has 2 heterocycles. The average Bonchev–Trinajstić information content (AvgIpc) is 3.17. The van der Waals surface area contributed by atoms with E-state index in [1.165, 1.54) is 0 Å². The number of ether oxygens (including phenoxy) is 1. The smallest absolute Gasteiger partial charge is 0.181 e. The summed E-state index contributed by atoms with van der Waals surface area (Å²) >= 11 is 0. The molecule has 4 heteroatoms. The SMILES string of the molecule is CC.COc1ccc2[nH]cc(C(=O)[C@H]3CCCN3)c2c1. The molecule has 1 aromatic heterocycles. The Morgan fingerprint density at radius 1 is 1.35 bits per heavy atom. The summed E-state index contributed by atoms with van der Waals surface area (Å²) in [4.78, 5) is 15.5. The Kier molecular flexibility index (Phi) is 4.79. The average molecular weight is 274 g/mol. The maximum Gasteiger partial charge on any atom is 0.181 e. The number of fused-ring (bicyclic) bond motifs is 1. The molecule has 0 unspecified atom stereocenters. The van der Waals surface area contributed by atoms with Crippen molar-refractivity contribution in [1.82, 2.24) is 10.3 Å². The number of hydrogen-bond donors (Lipinski definition) is 2. The maximum absolute atomic E-state index is 12.4. The molecule has 0 amide bonds. The van der Waals surface area contributed by atoms with Crippen molar-refractivity contribution >= 4 is 16.7 Å². The number of nitrogens with one attached hydrogen (secondary N) is 2. The minimum Gasteiger partial charge on any atom is -0.497 e. The van der Waals surface area contributed by atoms with Crippen molar-refractivity contribution in [3.63, 3.8) is 0 Å². The van der Waals surface area contributed by atoms with Crippen molar-refractivity contribution < 1.29 is 9.53 Å². The summed E-state index contributed by atoms with van der Waals surface area (Å²) in [6.07, 6.45) is 3.80. The quantitative estimate of drug-likeness (QED) is 0.845. The van der Waals surface area contributed by atoms with Gasteiger partial charge in [0.1, 0.15) is 5.75 Å². The van der Waals surface area contributed by atoms with E-state index in [0.29, 0.717) is 0 Å². The summed E-state index contributed by atoms with van der Waals surface area (Å²) in [5.74, 6) is 0.947. The molecule has 0 bridgehead atoms. The first-order valence-corrected chi connectivity index (χ1v) is 7.22. The molecule has 20 heavy (non-hydrogen) atoms. The van der Waals surface area contributed by atoms with E-state index in [-0.39, 0.29) is 11.8 Å². The number of benzene rings is 1. The van der Waals surface area contributed by atoms with Crippen LogP contribution in [0.4, 0.5) is 0 Å². The highest BCUT2D eigenvalue weighted by Gasteiger charge is 2.25. The van der Waals surface area contributed by atoms with Gasteiger partial charge in [-0.25, -0.2) is 0 Å². The molecule has 0 saturated carbocycles. The molecule has 2 aromatic rings. The number of methoxy groups -OCH3 is 1. The molecule has 3 rings (SSSR count). The molecule has 1 aromatic carbocycles. The highest BCUT2D eigenvalue weighted by Crippen LogP contribution is 2.25. The van der Waals surface area contributed by atoms with Gasteiger partial charge in [-0.3, -0.25) is 4.79 Å². The van der Waals surface area contributed by atoms with Crippen LogP contribution in [0.15, 0.2) is 24.4 Å². The summed E-state index contributed by atoms with van der Waals surface area (Å²) in [5.41, 5.74) is 1.72. The topological polar surface area (TPSA) is 54.1 Å². The monoisotopic (exact) mass is 274 g/mol. The Morgan fingerprint density at radius 2 is 2.15 bits per heavy atom. The van der Waals surface area contributed by atoms with Crippen LogP contribution in [-0.2, 0) is 0 Å². The number of H-pyrrole nitrogens is 1. The van der Waals surface area contributed by atoms with Gasteiger partial charge in [0.05, 0.1) is 13.2 Å². The molecule has 4 nitrogen and oxygen atoms in total. The molecule has 1 fully saturated rings. The van der Waals surface area contributed by atoms with Crippen LogP contribution in [0.25, 0.3) is 10.9 Å². The van der Waals surface area contributed by atoms with Crippen LogP contribution in [0, 0.1) is 0 Å². The molecule has 1 saturated heterocycles. The lowest BCUT2D eigenvalue weighted by Crippen LogP contribution is -2.30. The van der Waals surface area contributed by atoms with Crippen LogP contribution in [0.2, 0.25) is 0 Å². The third kappa shape index (κ3) is 2.70. The molecular weight excluding hydrogens is 252 g/mol. The third-order valence-electron chi connectivity index (χ3n) is 3.53. The van der Waals surface area contributed by atoms with Crippen LogP contribution < -0.4 is 10.1 Å². The lowest BCUT2D eigenvalue weighted by atomic mass is 10.0. The number of carbonyl (C=O) groups excluding carboxylic acids is 1. The second kappa shape index (κ2) is 6.57. The molecule has 1 atom stereocenters. The fourth-order valence-corrected chi connectivity index (χ4v) is 2.53. The van der Waals surface area contributed by atoms with Gasteiger partial charge in [-0.1, -0.05) is 13.8 Å². The highest BCUT2D eigenvalue weighted by molar-refractivity contribution is 6.10. The number of hydrogen-bond acceptors (Lipinski definition) is 3. The summed E-state index contributed by atoms with van der Waals surface area (Å²) in [7, 11) is 1.63. The number of carbonyl (C=O) groups is 1. The summed E-state index contributed by atoms with van der Waals surface area (Å²) in [6, 6.07) is 5.71. The maximum atomic E-state index is 12.4. The van der Waals surface area contributed by atoms with Crippen molar-refractivity contribution in [1.29, 1.82) is 0 Å². The number of aromatic nitrogens is 1. The van der Waals surface area contributed by atoms with Crippen molar-refractivity contribution in [3.05, 3.63) is 30.0 Å². The van der Waals surface area contributed by atoms with E-state index < -0.39 is 0 Å². The minimum atomic E-state index is -0.0322. The van der Waals surface area contributed by atoms with E-state index >= 15 is 0 Å². The number of aromatic amines is 1. The Bertz CT molecular complexity index is 583. The van der Waals surface area contributed by atoms with Gasteiger partial charge >= 0.3 is 0 Å². The second-order valence-electron chi connectivity index (χ2n) is 4.63. The summed E-state index contributed by atoms with van der Waals surface area (Å²) in [5, 5.41) is 4.18. The zero-order valence-electron chi connectivity index (χ0n) is 12.3. The second-order valence-corrected chi connectivity index (χ2v) is 4.63. The van der Waals surface area contributed by atoms with Crippen molar-refractivity contribution in [2.24, 2.45) is 0 Å². The number of rotatable bonds is 3. The standard InChI is InChI=1S/C14H16N2O2.C2H6/c1-18-9-4-5-12-10(7-9)11(8-16-12)14(17)13-3-2-6-15-13;1-2/h4-5,7-8,13,15-16H,2-3,6H2,1H3;1-2H3/t13-;/m1./s1. The third-order valence-corrected chi connectivity index (χ3v) is 3.53. The summed E-state index contributed by atoms with van der Waals surface area (Å²) < 4.78 is 5.21. The van der Waals surface area contributed by atoms with Gasteiger partial charge in [0.25, 0.3) is 0 Å². The molecule has 1 aliphatic rings. The Hall–Kier alpha value is -1.81. The predicted molar refractivity (Wildman–Crippen MR) is 81.6 cm³/mol. The van der Waals surface area contributed by atoms with Gasteiger partial charge in [-0.2, -0.15) is 0 Å². The Morgan fingerprint density at radius 3 is 2.80 bits per heavy atom. The highest BCUT2D eigenvalue weighted by atomic mass is 16.5. The van der Waals surface area contributed by atoms with E-state index in [0.717, 1.165) is 41.6 Å². The van der Waals surface area contributed by atoms with Gasteiger partial charge in [0.2, 0.25) is 0 Å². The molecular formula is C16H22N2O2. The molecule has 0 spiro atoms. The van der Waals surface area contributed by atoms with E-state index in [4.69, 9.17) is 4.74 Å². The van der Waals surface area contributed by atoms with Crippen LogP contribution in [0.1, 0.15) is 37.0 Å². The fraction of sp³-hybridized carbons (Fsp3) is 0.438. The fourth-order valence-electron chi connectivity index (χ4n) is 2.53. The largest absolute Gasteiger partial charge is 0.497 e. The minimum absolute atomic E-state index is 0.0322. The van der Waals surface area contributed by atoms with Gasteiger partial charge in [-0.05, 0) is 37.6 Å². The number of ketones is 1. The summed E-state index contributed by atoms with van der Waals surface area (Å²) in [6.45, 7) is 4.93. The first-order valence-electron chi connectivity index (χ1n) is 7.22. The number of Topliss-reactive ketones (excluding diaryl/α,β-unsaturated/α-hetero) is 1. The lowest BCUT2D eigenvalue weighted by molar-refractivity contribution is 0.0954. The Balaban J connectivity index is 0.000000704. The first-order chi connectivity index (χ1) is 9.79. The molecule has 108 valence electrons. The van der Waals surface area contributed by atoms with Gasteiger partial charge in [-0.15, -0.1) is 0 Å². The normalized spacial score (nSPS) is 17.6. The predicted octanol–water partition coefficient (Wildman–Crippen LogP) is 3.14. The van der Waals surface area contributed by atoms with Crippen molar-refractivity contribution in [2.75, 3.05) is 13.7 Å². The van der Waals surface area contributed by atoms with E-state index in [1.807, 2.05) is 32.0 Å². The molecule has 1 aliphatic heterocycles. The van der Waals surface area contributed by atoms with Crippen LogP contribution >= 0.6 is 0 Å². The van der Waals surface area contributed by atoms with E-state index in [1.54, 1.807) is 13.3 Å².